The summed E-state index contributed by atoms with van der Waals surface area (Å²) in [4.78, 5) is 11.2. The Labute approximate surface area is 78.7 Å². The van der Waals surface area contributed by atoms with Crippen molar-refractivity contribution in [3.63, 3.8) is 0 Å². The number of ether oxygens (including phenoxy) is 1. The molecular formula is C7H7N5O2. The van der Waals surface area contributed by atoms with Crippen molar-refractivity contribution >= 4 is 5.97 Å². The molecule has 0 radical (unpaired) electrons. The third-order valence-corrected chi connectivity index (χ3v) is 1.66. The fourth-order valence-electron chi connectivity index (χ4n) is 1.02. The lowest BCUT2D eigenvalue weighted by molar-refractivity contribution is 0.0590. The Morgan fingerprint density at radius 2 is 2.50 bits per heavy atom. The molecular weight excluding hydrogens is 186 g/mol. The summed E-state index contributed by atoms with van der Waals surface area (Å²) < 4.78 is 5.88. The average Bonchev–Trinajstić information content (AvgIpc) is 2.85. The number of nitrogens with zero attached hydrogens (tertiary/aromatic N) is 4. The predicted octanol–water partition coefficient (Wildman–Crippen LogP) is -0.223. The third-order valence-electron chi connectivity index (χ3n) is 1.66. The zero-order valence-corrected chi connectivity index (χ0v) is 7.34. The molecule has 14 heavy (non-hydrogen) atoms. The molecule has 0 bridgehead atoms. The van der Waals surface area contributed by atoms with Gasteiger partial charge in [0, 0.05) is 6.07 Å². The lowest BCUT2D eigenvalue weighted by Gasteiger charge is -1.99. The maximum absolute atomic E-state index is 11.2. The smallest absolute Gasteiger partial charge is 0.358 e. The Kier molecular flexibility index (Phi) is 1.98. The summed E-state index contributed by atoms with van der Waals surface area (Å²) in [5.41, 5.74) is 0.247. The van der Waals surface area contributed by atoms with E-state index in [-0.39, 0.29) is 5.69 Å². The summed E-state index contributed by atoms with van der Waals surface area (Å²) in [6, 6.07) is 1.67. The molecule has 2 aromatic heterocycles. The van der Waals surface area contributed by atoms with E-state index in [1.807, 2.05) is 0 Å². The molecule has 0 unspecified atom stereocenters. The second-order valence-electron chi connectivity index (χ2n) is 2.46. The first-order chi connectivity index (χ1) is 6.83. The van der Waals surface area contributed by atoms with E-state index >= 15 is 0 Å². The molecule has 0 saturated heterocycles. The van der Waals surface area contributed by atoms with Gasteiger partial charge in [0.2, 0.25) is 0 Å². The second-order valence-corrected chi connectivity index (χ2v) is 2.46. The molecule has 0 aliphatic carbocycles. The van der Waals surface area contributed by atoms with Crippen LogP contribution in [0.15, 0.2) is 18.5 Å². The zero-order valence-electron chi connectivity index (χ0n) is 7.34. The Bertz CT molecular complexity index is 433. The normalized spacial score (nSPS) is 10.1. The van der Waals surface area contributed by atoms with Crippen LogP contribution in [-0.4, -0.2) is 38.3 Å². The minimum Gasteiger partial charge on any atom is -0.464 e. The molecule has 0 saturated carbocycles. The van der Waals surface area contributed by atoms with Gasteiger partial charge in [0.25, 0.3) is 0 Å². The minimum absolute atomic E-state index is 0.247. The molecule has 0 aromatic carbocycles. The van der Waals surface area contributed by atoms with Gasteiger partial charge in [-0.3, -0.25) is 5.10 Å². The predicted molar refractivity (Wildman–Crippen MR) is 44.8 cm³/mol. The van der Waals surface area contributed by atoms with Crippen molar-refractivity contribution in [1.82, 2.24) is 25.2 Å². The fourth-order valence-corrected chi connectivity index (χ4v) is 1.02. The monoisotopic (exact) mass is 193 g/mol. The summed E-state index contributed by atoms with van der Waals surface area (Å²) in [7, 11) is 1.30. The van der Waals surface area contributed by atoms with Gasteiger partial charge in [0.05, 0.1) is 19.5 Å². The molecule has 0 spiro atoms. The van der Waals surface area contributed by atoms with Gasteiger partial charge in [-0.05, 0) is 0 Å². The Hall–Kier alpha value is -2.18. The molecule has 0 aliphatic heterocycles. The van der Waals surface area contributed by atoms with Crippen molar-refractivity contribution in [2.75, 3.05) is 7.11 Å². The highest BCUT2D eigenvalue weighted by molar-refractivity contribution is 5.87. The van der Waals surface area contributed by atoms with Crippen LogP contribution >= 0.6 is 0 Å². The average molecular weight is 193 g/mol. The van der Waals surface area contributed by atoms with Crippen LogP contribution in [0.5, 0.6) is 0 Å². The van der Waals surface area contributed by atoms with Crippen LogP contribution in [0.1, 0.15) is 10.5 Å². The number of carbonyl (C=O) groups is 1. The summed E-state index contributed by atoms with van der Waals surface area (Å²) in [5.74, 6) is 0.0625. The van der Waals surface area contributed by atoms with Crippen LogP contribution in [0.4, 0.5) is 0 Å². The number of carbonyl (C=O) groups excluding carboxylic acids is 1. The number of H-pyrrole nitrogens is 1. The molecule has 0 atom stereocenters. The highest BCUT2D eigenvalue weighted by Crippen LogP contribution is 2.05. The molecule has 2 rings (SSSR count). The van der Waals surface area contributed by atoms with E-state index in [9.17, 15) is 4.79 Å². The van der Waals surface area contributed by atoms with E-state index in [1.54, 1.807) is 12.3 Å². The molecule has 72 valence electrons. The maximum Gasteiger partial charge on any atom is 0.358 e. The first kappa shape index (κ1) is 8.42. The van der Waals surface area contributed by atoms with Crippen molar-refractivity contribution in [3.8, 4) is 5.82 Å². The van der Waals surface area contributed by atoms with Crippen LogP contribution in [-0.2, 0) is 4.74 Å². The zero-order chi connectivity index (χ0) is 9.97. The standard InChI is InChI=1S/C7H7N5O2/c1-14-7(13)5-4-9-11-12(5)6-2-3-8-10-6/h2-4H,1H3,(H,8,10). The first-order valence-electron chi connectivity index (χ1n) is 3.81. The molecule has 7 nitrogen and oxygen atoms in total. The van der Waals surface area contributed by atoms with Gasteiger partial charge in [-0.1, -0.05) is 5.21 Å². The van der Waals surface area contributed by atoms with E-state index in [0.29, 0.717) is 5.82 Å². The van der Waals surface area contributed by atoms with Gasteiger partial charge in [-0.15, -0.1) is 5.10 Å². The highest BCUT2D eigenvalue weighted by atomic mass is 16.5. The third kappa shape index (κ3) is 1.24. The molecule has 2 aromatic rings. The summed E-state index contributed by atoms with van der Waals surface area (Å²) in [6.07, 6.45) is 2.88. The van der Waals surface area contributed by atoms with E-state index in [1.165, 1.54) is 18.0 Å². The van der Waals surface area contributed by atoms with Crippen molar-refractivity contribution in [3.05, 3.63) is 24.2 Å². The number of hydrogen-bond donors (Lipinski definition) is 1. The van der Waals surface area contributed by atoms with E-state index in [0.717, 1.165) is 0 Å². The van der Waals surface area contributed by atoms with Gasteiger partial charge < -0.3 is 4.74 Å². The first-order valence-corrected chi connectivity index (χ1v) is 3.81. The second kappa shape index (κ2) is 3.29. The molecule has 1 N–H and O–H groups in total. The van der Waals surface area contributed by atoms with E-state index < -0.39 is 5.97 Å². The largest absolute Gasteiger partial charge is 0.464 e. The van der Waals surface area contributed by atoms with Crippen LogP contribution in [0.25, 0.3) is 5.82 Å². The number of aromatic nitrogens is 5. The van der Waals surface area contributed by atoms with Crippen LogP contribution in [0.2, 0.25) is 0 Å². The number of hydrogen-bond acceptors (Lipinski definition) is 5. The van der Waals surface area contributed by atoms with Crippen molar-refractivity contribution in [1.29, 1.82) is 0 Å². The number of esters is 1. The lowest BCUT2D eigenvalue weighted by Crippen LogP contribution is -2.10. The maximum atomic E-state index is 11.2. The van der Waals surface area contributed by atoms with Crippen molar-refractivity contribution < 1.29 is 9.53 Å². The number of aromatic amines is 1. The summed E-state index contributed by atoms with van der Waals surface area (Å²) >= 11 is 0. The molecule has 7 heteroatoms. The van der Waals surface area contributed by atoms with Gasteiger partial charge >= 0.3 is 5.97 Å². The minimum atomic E-state index is -0.496. The van der Waals surface area contributed by atoms with Gasteiger partial charge in [-0.25, -0.2) is 4.79 Å². The topological polar surface area (TPSA) is 85.7 Å². The Balaban J connectivity index is 2.45. The Morgan fingerprint density at radius 3 is 3.14 bits per heavy atom. The molecule has 0 aliphatic rings. The van der Waals surface area contributed by atoms with Gasteiger partial charge in [0.1, 0.15) is 0 Å². The molecule has 2 heterocycles. The quantitative estimate of drug-likeness (QED) is 0.666. The van der Waals surface area contributed by atoms with E-state index in [2.05, 4.69) is 25.2 Å². The molecule has 0 fully saturated rings. The number of nitrogens with one attached hydrogen (secondary N) is 1. The van der Waals surface area contributed by atoms with Gasteiger partial charge in [0.15, 0.2) is 11.5 Å². The molecule has 0 amide bonds. The van der Waals surface area contributed by atoms with Crippen molar-refractivity contribution in [2.24, 2.45) is 0 Å². The summed E-state index contributed by atoms with van der Waals surface area (Å²) in [6.45, 7) is 0. The van der Waals surface area contributed by atoms with Crippen LogP contribution in [0, 0.1) is 0 Å². The SMILES string of the molecule is COC(=O)c1cnnn1-c1ccn[nH]1. The number of rotatable bonds is 2. The van der Waals surface area contributed by atoms with Gasteiger partial charge in [-0.2, -0.15) is 9.78 Å². The van der Waals surface area contributed by atoms with Crippen molar-refractivity contribution in [2.45, 2.75) is 0 Å². The highest BCUT2D eigenvalue weighted by Gasteiger charge is 2.14. The van der Waals surface area contributed by atoms with Crippen LogP contribution in [0.3, 0.4) is 0 Å². The number of methoxy groups -OCH3 is 1. The van der Waals surface area contributed by atoms with E-state index in [4.69, 9.17) is 0 Å². The Morgan fingerprint density at radius 1 is 1.64 bits per heavy atom. The summed E-state index contributed by atoms with van der Waals surface area (Å²) in [5, 5.41) is 13.7. The van der Waals surface area contributed by atoms with Crippen LogP contribution < -0.4 is 0 Å². The fraction of sp³-hybridized carbons (Fsp3) is 0.143. The lowest BCUT2D eigenvalue weighted by atomic mass is 10.4.